The van der Waals surface area contributed by atoms with Gasteiger partial charge in [0.1, 0.15) is 0 Å². The third kappa shape index (κ3) is 5.87. The molecule has 0 radical (unpaired) electrons. The van der Waals surface area contributed by atoms with Gasteiger partial charge in [0.25, 0.3) is 0 Å². The Hall–Kier alpha value is -0.0800. The van der Waals surface area contributed by atoms with Crippen LogP contribution in [0.3, 0.4) is 0 Å². The summed E-state index contributed by atoms with van der Waals surface area (Å²) in [6.07, 6.45) is 10.1. The topological polar surface area (TPSA) is 6.48 Å². The second kappa shape index (κ2) is 8.93. The Morgan fingerprint density at radius 1 is 0.824 bits per heavy atom. The fraction of sp³-hybridized carbons (Fsp3) is 1.00. The van der Waals surface area contributed by atoms with Crippen molar-refractivity contribution >= 4 is 0 Å². The second-order valence-corrected chi connectivity index (χ2v) is 5.51. The van der Waals surface area contributed by atoms with Crippen LogP contribution in [-0.4, -0.2) is 49.1 Å². The molecular formula is C15H32N2. The first-order valence-electron chi connectivity index (χ1n) is 7.70. The Balaban J connectivity index is 2.26. The van der Waals surface area contributed by atoms with E-state index in [1.165, 1.54) is 71.1 Å². The highest BCUT2D eigenvalue weighted by molar-refractivity contribution is 4.72. The summed E-state index contributed by atoms with van der Waals surface area (Å²) in [6.45, 7) is 9.38. The highest BCUT2D eigenvalue weighted by Crippen LogP contribution is 2.20. The third-order valence-corrected chi connectivity index (χ3v) is 4.36. The van der Waals surface area contributed by atoms with Crippen molar-refractivity contribution in [3.8, 4) is 0 Å². The third-order valence-electron chi connectivity index (χ3n) is 4.36. The molecule has 0 N–H and O–H groups in total. The minimum absolute atomic E-state index is 0.853. The fourth-order valence-corrected chi connectivity index (χ4v) is 2.90. The van der Waals surface area contributed by atoms with Crippen LogP contribution in [-0.2, 0) is 0 Å². The van der Waals surface area contributed by atoms with Crippen molar-refractivity contribution in [2.24, 2.45) is 0 Å². The van der Waals surface area contributed by atoms with E-state index in [0.29, 0.717) is 0 Å². The molecule has 1 aliphatic carbocycles. The zero-order chi connectivity index (χ0) is 12.5. The van der Waals surface area contributed by atoms with E-state index in [9.17, 15) is 0 Å². The molecule has 0 bridgehead atoms. The molecule has 0 aromatic heterocycles. The number of likely N-dealkylation sites (N-methyl/N-ethyl adjacent to an activating group) is 2. The van der Waals surface area contributed by atoms with Gasteiger partial charge >= 0.3 is 0 Å². The van der Waals surface area contributed by atoms with Crippen LogP contribution in [0.1, 0.15) is 58.8 Å². The van der Waals surface area contributed by atoms with Crippen molar-refractivity contribution in [1.82, 2.24) is 9.80 Å². The molecule has 0 heterocycles. The molecule has 1 fully saturated rings. The van der Waals surface area contributed by atoms with Crippen molar-refractivity contribution in [3.05, 3.63) is 0 Å². The maximum atomic E-state index is 2.61. The molecule has 2 nitrogen and oxygen atoms in total. The van der Waals surface area contributed by atoms with Crippen molar-refractivity contribution in [3.63, 3.8) is 0 Å². The minimum Gasteiger partial charge on any atom is -0.303 e. The molecule has 0 aromatic carbocycles. The smallest absolute Gasteiger partial charge is 0.0109 e. The lowest BCUT2D eigenvalue weighted by Gasteiger charge is -2.31. The minimum atomic E-state index is 0.853. The molecule has 0 amide bonds. The lowest BCUT2D eigenvalue weighted by Crippen LogP contribution is -2.39. The normalized spacial score (nSPS) is 19.6. The Labute approximate surface area is 108 Å². The lowest BCUT2D eigenvalue weighted by atomic mass is 9.96. The van der Waals surface area contributed by atoms with Gasteiger partial charge in [-0.3, -0.25) is 0 Å². The summed E-state index contributed by atoms with van der Waals surface area (Å²) in [5, 5.41) is 0. The first kappa shape index (κ1) is 15.0. The summed E-state index contributed by atoms with van der Waals surface area (Å²) in [5.41, 5.74) is 0. The van der Waals surface area contributed by atoms with Gasteiger partial charge in [-0.1, -0.05) is 46.0 Å². The standard InChI is InChI=1S/C15H32N2/c1-4-17(5-2)14-13-16(3)15-11-9-7-6-8-10-12-15/h15H,4-14H2,1-3H3. The van der Waals surface area contributed by atoms with Crippen LogP contribution >= 0.6 is 0 Å². The zero-order valence-electron chi connectivity index (χ0n) is 12.2. The van der Waals surface area contributed by atoms with Crippen LogP contribution < -0.4 is 0 Å². The van der Waals surface area contributed by atoms with E-state index in [2.05, 4.69) is 30.7 Å². The molecule has 0 unspecified atom stereocenters. The SMILES string of the molecule is CCN(CC)CCN(C)C1CCCCCCC1. The second-order valence-electron chi connectivity index (χ2n) is 5.51. The highest BCUT2D eigenvalue weighted by Gasteiger charge is 2.16. The molecule has 0 aliphatic heterocycles. The van der Waals surface area contributed by atoms with Crippen LogP contribution in [0, 0.1) is 0 Å². The fourth-order valence-electron chi connectivity index (χ4n) is 2.90. The summed E-state index contributed by atoms with van der Waals surface area (Å²) in [7, 11) is 2.33. The molecule has 0 saturated heterocycles. The predicted octanol–water partition coefficient (Wildman–Crippen LogP) is 3.37. The van der Waals surface area contributed by atoms with E-state index < -0.39 is 0 Å². The van der Waals surface area contributed by atoms with E-state index in [-0.39, 0.29) is 0 Å². The van der Waals surface area contributed by atoms with Crippen molar-refractivity contribution in [2.45, 2.75) is 64.8 Å². The molecule has 0 spiro atoms. The molecular weight excluding hydrogens is 208 g/mol. The molecule has 17 heavy (non-hydrogen) atoms. The van der Waals surface area contributed by atoms with E-state index in [1.54, 1.807) is 0 Å². The maximum Gasteiger partial charge on any atom is 0.0109 e. The largest absolute Gasteiger partial charge is 0.303 e. The summed E-state index contributed by atoms with van der Waals surface area (Å²) in [4.78, 5) is 5.14. The number of hydrogen-bond donors (Lipinski definition) is 0. The molecule has 1 rings (SSSR count). The predicted molar refractivity (Wildman–Crippen MR) is 76.5 cm³/mol. The number of hydrogen-bond acceptors (Lipinski definition) is 2. The van der Waals surface area contributed by atoms with Gasteiger partial charge in [-0.25, -0.2) is 0 Å². The van der Waals surface area contributed by atoms with Crippen molar-refractivity contribution in [1.29, 1.82) is 0 Å². The summed E-state index contributed by atoms with van der Waals surface area (Å²) < 4.78 is 0. The van der Waals surface area contributed by atoms with E-state index in [1.807, 2.05) is 0 Å². The van der Waals surface area contributed by atoms with E-state index >= 15 is 0 Å². The highest BCUT2D eigenvalue weighted by atomic mass is 15.2. The van der Waals surface area contributed by atoms with Gasteiger partial charge in [-0.15, -0.1) is 0 Å². The van der Waals surface area contributed by atoms with Gasteiger partial charge in [0.15, 0.2) is 0 Å². The van der Waals surface area contributed by atoms with Gasteiger partial charge in [-0.05, 0) is 33.0 Å². The van der Waals surface area contributed by atoms with Gasteiger partial charge in [0.05, 0.1) is 0 Å². The average Bonchev–Trinajstić information content (AvgIpc) is 2.29. The van der Waals surface area contributed by atoms with Gasteiger partial charge in [0.2, 0.25) is 0 Å². The molecule has 1 saturated carbocycles. The number of nitrogens with zero attached hydrogens (tertiary/aromatic N) is 2. The van der Waals surface area contributed by atoms with Crippen LogP contribution in [0.4, 0.5) is 0 Å². The molecule has 0 aromatic rings. The average molecular weight is 240 g/mol. The first-order valence-corrected chi connectivity index (χ1v) is 7.70. The van der Waals surface area contributed by atoms with Gasteiger partial charge in [0, 0.05) is 19.1 Å². The van der Waals surface area contributed by atoms with E-state index in [0.717, 1.165) is 6.04 Å². The van der Waals surface area contributed by atoms with Crippen LogP contribution in [0.5, 0.6) is 0 Å². The summed E-state index contributed by atoms with van der Waals surface area (Å²) >= 11 is 0. The summed E-state index contributed by atoms with van der Waals surface area (Å²) in [5.74, 6) is 0. The summed E-state index contributed by atoms with van der Waals surface area (Å²) in [6, 6.07) is 0.853. The van der Waals surface area contributed by atoms with Crippen molar-refractivity contribution < 1.29 is 0 Å². The molecule has 102 valence electrons. The van der Waals surface area contributed by atoms with E-state index in [4.69, 9.17) is 0 Å². The Morgan fingerprint density at radius 3 is 1.88 bits per heavy atom. The molecule has 0 atom stereocenters. The maximum absolute atomic E-state index is 2.61. The Morgan fingerprint density at radius 2 is 1.35 bits per heavy atom. The van der Waals surface area contributed by atoms with Crippen LogP contribution in [0.15, 0.2) is 0 Å². The monoisotopic (exact) mass is 240 g/mol. The quantitative estimate of drug-likeness (QED) is 0.702. The van der Waals surface area contributed by atoms with Crippen LogP contribution in [0.25, 0.3) is 0 Å². The first-order chi connectivity index (χ1) is 8.27. The van der Waals surface area contributed by atoms with Crippen molar-refractivity contribution in [2.75, 3.05) is 33.2 Å². The van der Waals surface area contributed by atoms with Crippen LogP contribution in [0.2, 0.25) is 0 Å². The number of rotatable bonds is 6. The molecule has 1 aliphatic rings. The Bertz CT molecular complexity index is 170. The molecule has 2 heteroatoms. The van der Waals surface area contributed by atoms with Gasteiger partial charge < -0.3 is 9.80 Å². The lowest BCUT2D eigenvalue weighted by molar-refractivity contribution is 0.173. The Kier molecular flexibility index (Phi) is 7.87. The zero-order valence-corrected chi connectivity index (χ0v) is 12.2. The van der Waals surface area contributed by atoms with Gasteiger partial charge in [-0.2, -0.15) is 0 Å².